The summed E-state index contributed by atoms with van der Waals surface area (Å²) in [5.41, 5.74) is 5.25. The molecule has 0 radical (unpaired) electrons. The molecule has 1 atom stereocenters. The van der Waals surface area contributed by atoms with Gasteiger partial charge in [-0.25, -0.2) is 18.2 Å². The molecule has 3 nitrogen and oxygen atoms in total. The Kier molecular flexibility index (Phi) is 3.20. The van der Waals surface area contributed by atoms with Gasteiger partial charge in [-0.15, -0.1) is 0 Å². The molecular weight excluding hydrogens is 245 g/mol. The number of nitrogen functional groups attached to an aromatic ring is 1. The second kappa shape index (κ2) is 4.66. The molecule has 1 unspecified atom stereocenters. The van der Waals surface area contributed by atoms with Crippen molar-refractivity contribution >= 4 is 5.82 Å². The Morgan fingerprint density at radius 1 is 1.06 bits per heavy atom. The molecule has 0 saturated carbocycles. The van der Waals surface area contributed by atoms with Crippen LogP contribution in [0.5, 0.6) is 0 Å². The number of aromatic nitrogens is 1. The zero-order valence-electron chi connectivity index (χ0n) is 9.07. The average molecular weight is 254 g/mol. The van der Waals surface area contributed by atoms with Crippen LogP contribution in [0.2, 0.25) is 0 Å². The maximum Gasteiger partial charge on any atom is 0.194 e. The van der Waals surface area contributed by atoms with Crippen LogP contribution in [0.15, 0.2) is 30.5 Å². The fourth-order valence-electron chi connectivity index (χ4n) is 1.58. The summed E-state index contributed by atoms with van der Waals surface area (Å²) in [4.78, 5) is 3.72. The van der Waals surface area contributed by atoms with Crippen LogP contribution in [0.3, 0.4) is 0 Å². The van der Waals surface area contributed by atoms with Crippen molar-refractivity contribution in [2.45, 2.75) is 6.10 Å². The molecule has 2 rings (SSSR count). The minimum Gasteiger partial charge on any atom is -0.383 e. The largest absolute Gasteiger partial charge is 0.383 e. The van der Waals surface area contributed by atoms with Crippen LogP contribution >= 0.6 is 0 Å². The van der Waals surface area contributed by atoms with E-state index >= 15 is 0 Å². The summed E-state index contributed by atoms with van der Waals surface area (Å²) in [6.07, 6.45) is -0.110. The number of aliphatic hydroxyl groups excluding tert-OH is 1. The molecule has 1 heterocycles. The van der Waals surface area contributed by atoms with E-state index in [-0.39, 0.29) is 11.4 Å². The standard InChI is InChI=1S/C12H9F3N2O/c13-8-4-3-6(9(14)10(8)15)11(18)7-2-1-5-17-12(7)16/h1-5,11,18H,(H2,16,17). The lowest BCUT2D eigenvalue weighted by Crippen LogP contribution is -2.08. The first-order valence-electron chi connectivity index (χ1n) is 5.04. The number of aliphatic hydroxyl groups is 1. The Hall–Kier alpha value is -2.08. The van der Waals surface area contributed by atoms with Crippen molar-refractivity contribution in [2.24, 2.45) is 0 Å². The van der Waals surface area contributed by atoms with E-state index in [0.717, 1.165) is 12.1 Å². The fraction of sp³-hybridized carbons (Fsp3) is 0.0833. The van der Waals surface area contributed by atoms with Gasteiger partial charge in [0, 0.05) is 17.3 Å². The quantitative estimate of drug-likeness (QED) is 0.807. The van der Waals surface area contributed by atoms with Gasteiger partial charge < -0.3 is 10.8 Å². The highest BCUT2D eigenvalue weighted by Gasteiger charge is 2.22. The Labute approximate surface area is 101 Å². The van der Waals surface area contributed by atoms with Gasteiger partial charge in [-0.3, -0.25) is 0 Å². The highest BCUT2D eigenvalue weighted by Crippen LogP contribution is 2.28. The number of hydrogen-bond donors (Lipinski definition) is 2. The molecule has 0 aliphatic rings. The van der Waals surface area contributed by atoms with Gasteiger partial charge in [-0.05, 0) is 12.1 Å². The Bertz CT molecular complexity index is 590. The molecule has 1 aromatic carbocycles. The molecule has 0 aliphatic heterocycles. The maximum atomic E-state index is 13.5. The van der Waals surface area contributed by atoms with Crippen molar-refractivity contribution < 1.29 is 18.3 Å². The van der Waals surface area contributed by atoms with Crippen molar-refractivity contribution in [3.8, 4) is 0 Å². The molecule has 3 N–H and O–H groups in total. The Morgan fingerprint density at radius 3 is 2.44 bits per heavy atom. The van der Waals surface area contributed by atoms with E-state index in [1.54, 1.807) is 0 Å². The maximum absolute atomic E-state index is 13.5. The molecule has 18 heavy (non-hydrogen) atoms. The summed E-state index contributed by atoms with van der Waals surface area (Å²) < 4.78 is 39.3. The van der Waals surface area contributed by atoms with Crippen molar-refractivity contribution in [1.29, 1.82) is 0 Å². The number of anilines is 1. The normalized spacial score (nSPS) is 12.4. The highest BCUT2D eigenvalue weighted by atomic mass is 19.2. The van der Waals surface area contributed by atoms with E-state index in [1.807, 2.05) is 0 Å². The van der Waals surface area contributed by atoms with Gasteiger partial charge in [0.25, 0.3) is 0 Å². The third kappa shape index (κ3) is 2.02. The lowest BCUT2D eigenvalue weighted by molar-refractivity contribution is 0.213. The average Bonchev–Trinajstić information content (AvgIpc) is 2.36. The van der Waals surface area contributed by atoms with Crippen LogP contribution in [-0.2, 0) is 0 Å². The molecule has 6 heteroatoms. The summed E-state index contributed by atoms with van der Waals surface area (Å²) in [7, 11) is 0. The summed E-state index contributed by atoms with van der Waals surface area (Å²) >= 11 is 0. The smallest absolute Gasteiger partial charge is 0.194 e. The topological polar surface area (TPSA) is 59.1 Å². The number of nitrogens with zero attached hydrogens (tertiary/aromatic N) is 1. The fourth-order valence-corrected chi connectivity index (χ4v) is 1.58. The Balaban J connectivity index is 2.50. The molecule has 1 aromatic heterocycles. The molecule has 0 saturated heterocycles. The van der Waals surface area contributed by atoms with E-state index in [9.17, 15) is 18.3 Å². The second-order valence-electron chi connectivity index (χ2n) is 3.64. The van der Waals surface area contributed by atoms with Gasteiger partial charge in [-0.1, -0.05) is 12.1 Å². The summed E-state index contributed by atoms with van der Waals surface area (Å²) in [5, 5.41) is 9.92. The molecule has 0 amide bonds. The van der Waals surface area contributed by atoms with E-state index in [0.29, 0.717) is 0 Å². The molecule has 0 bridgehead atoms. The second-order valence-corrected chi connectivity index (χ2v) is 3.64. The van der Waals surface area contributed by atoms with Gasteiger partial charge in [0.2, 0.25) is 0 Å². The molecule has 94 valence electrons. The lowest BCUT2D eigenvalue weighted by atomic mass is 10.0. The minimum atomic E-state index is -1.63. The van der Waals surface area contributed by atoms with Gasteiger partial charge in [0.15, 0.2) is 17.5 Å². The summed E-state index contributed by atoms with van der Waals surface area (Å²) in [5.74, 6) is -4.39. The lowest BCUT2D eigenvalue weighted by Gasteiger charge is -2.14. The van der Waals surface area contributed by atoms with Crippen LogP contribution in [0.1, 0.15) is 17.2 Å². The highest BCUT2D eigenvalue weighted by molar-refractivity contribution is 5.44. The number of pyridine rings is 1. The first kappa shape index (κ1) is 12.4. The van der Waals surface area contributed by atoms with E-state index in [4.69, 9.17) is 5.73 Å². The number of benzene rings is 1. The van der Waals surface area contributed by atoms with Crippen molar-refractivity contribution in [2.75, 3.05) is 5.73 Å². The van der Waals surface area contributed by atoms with Crippen LogP contribution in [0, 0.1) is 17.5 Å². The number of hydrogen-bond acceptors (Lipinski definition) is 3. The van der Waals surface area contributed by atoms with Crippen molar-refractivity contribution in [1.82, 2.24) is 4.98 Å². The predicted molar refractivity (Wildman–Crippen MR) is 59.0 cm³/mol. The first-order valence-corrected chi connectivity index (χ1v) is 5.04. The number of nitrogens with two attached hydrogens (primary N) is 1. The van der Waals surface area contributed by atoms with E-state index in [2.05, 4.69) is 4.98 Å². The summed E-state index contributed by atoms with van der Waals surface area (Å²) in [6, 6.07) is 4.62. The van der Waals surface area contributed by atoms with Gasteiger partial charge >= 0.3 is 0 Å². The van der Waals surface area contributed by atoms with Gasteiger partial charge in [0.1, 0.15) is 11.9 Å². The zero-order valence-corrected chi connectivity index (χ0v) is 9.07. The van der Waals surface area contributed by atoms with Crippen LogP contribution in [0.25, 0.3) is 0 Å². The van der Waals surface area contributed by atoms with E-state index < -0.39 is 29.1 Å². The van der Waals surface area contributed by atoms with Crippen LogP contribution in [0.4, 0.5) is 19.0 Å². The van der Waals surface area contributed by atoms with E-state index in [1.165, 1.54) is 18.3 Å². The first-order chi connectivity index (χ1) is 8.52. The molecule has 0 fully saturated rings. The van der Waals surface area contributed by atoms with Crippen molar-refractivity contribution in [3.05, 3.63) is 59.0 Å². The van der Waals surface area contributed by atoms with Crippen molar-refractivity contribution in [3.63, 3.8) is 0 Å². The zero-order chi connectivity index (χ0) is 13.3. The minimum absolute atomic E-state index is 0.00543. The van der Waals surface area contributed by atoms with Crippen LogP contribution in [-0.4, -0.2) is 10.1 Å². The molecule has 0 aliphatic carbocycles. The van der Waals surface area contributed by atoms with Gasteiger partial charge in [0.05, 0.1) is 0 Å². The SMILES string of the molecule is Nc1ncccc1C(O)c1ccc(F)c(F)c1F. The molecular formula is C12H9F3N2O. The monoisotopic (exact) mass is 254 g/mol. The summed E-state index contributed by atoms with van der Waals surface area (Å²) in [6.45, 7) is 0. The number of rotatable bonds is 2. The van der Waals surface area contributed by atoms with Crippen LogP contribution < -0.4 is 5.73 Å². The predicted octanol–water partition coefficient (Wildman–Crippen LogP) is 2.16. The molecule has 2 aromatic rings. The number of halogens is 3. The van der Waals surface area contributed by atoms with Gasteiger partial charge in [-0.2, -0.15) is 0 Å². The third-order valence-electron chi connectivity index (χ3n) is 2.53. The molecule has 0 spiro atoms. The third-order valence-corrected chi connectivity index (χ3v) is 2.53. The Morgan fingerprint density at radius 2 is 1.78 bits per heavy atom.